The first-order valence-corrected chi connectivity index (χ1v) is 15.5. The van der Waals surface area contributed by atoms with Crippen molar-refractivity contribution in [1.29, 1.82) is 0 Å². The summed E-state index contributed by atoms with van der Waals surface area (Å²) in [6.45, 7) is 0.515. The number of hydrogen-bond acceptors (Lipinski definition) is 2. The SMILES string of the molecule is c1ccc(-c2nc(-c3ccccc3)n(Cn3c(-c4ccc(-n5c6ccccc6c6ccccc65)cc4)cc4ccccc43)n2)cc1. The first kappa shape index (κ1) is 26.2. The lowest BCUT2D eigenvalue weighted by Gasteiger charge is -2.14. The summed E-state index contributed by atoms with van der Waals surface area (Å²) in [6, 6.07) is 57.5. The van der Waals surface area contributed by atoms with E-state index in [0.717, 1.165) is 39.4 Å². The Kier molecular flexibility index (Phi) is 6.13. The summed E-state index contributed by atoms with van der Waals surface area (Å²) >= 11 is 0. The number of benzene rings is 6. The fourth-order valence-corrected chi connectivity index (χ4v) is 6.67. The lowest BCUT2D eigenvalue weighted by Crippen LogP contribution is -2.12. The zero-order valence-corrected chi connectivity index (χ0v) is 25.0. The van der Waals surface area contributed by atoms with E-state index >= 15 is 0 Å². The van der Waals surface area contributed by atoms with Crippen molar-refractivity contribution in [3.8, 4) is 39.7 Å². The Bertz CT molecular complexity index is 2430. The lowest BCUT2D eigenvalue weighted by atomic mass is 10.1. The molecule has 0 fully saturated rings. The second-order valence-corrected chi connectivity index (χ2v) is 11.6. The van der Waals surface area contributed by atoms with E-state index in [1.807, 2.05) is 41.1 Å². The first-order valence-electron chi connectivity index (χ1n) is 15.5. The van der Waals surface area contributed by atoms with Crippen LogP contribution < -0.4 is 0 Å². The van der Waals surface area contributed by atoms with Gasteiger partial charge in [0.25, 0.3) is 0 Å². The van der Waals surface area contributed by atoms with Gasteiger partial charge in [0.15, 0.2) is 11.6 Å². The average Bonchev–Trinajstić information content (AvgIpc) is 3.82. The molecule has 0 amide bonds. The van der Waals surface area contributed by atoms with Crippen LogP contribution in [0.25, 0.3) is 72.4 Å². The zero-order chi connectivity index (χ0) is 30.5. The molecule has 9 aromatic rings. The van der Waals surface area contributed by atoms with Crippen LogP contribution in [0.2, 0.25) is 0 Å². The van der Waals surface area contributed by atoms with E-state index in [1.165, 1.54) is 27.2 Å². The molecule has 6 aromatic carbocycles. The van der Waals surface area contributed by atoms with Crippen LogP contribution in [0.15, 0.2) is 164 Å². The second kappa shape index (κ2) is 10.8. The quantitative estimate of drug-likeness (QED) is 0.193. The Morgan fingerprint density at radius 3 is 1.72 bits per heavy atom. The van der Waals surface area contributed by atoms with Crippen LogP contribution in [-0.2, 0) is 6.67 Å². The molecule has 0 aliphatic heterocycles. The highest BCUT2D eigenvalue weighted by atomic mass is 15.4. The standard InChI is InChI=1S/C41H29N5/c1-3-13-30(14-4-1)40-42-41(31-15-5-2-6-16-31)45(43-40)28-44-36-20-10-7-17-32(36)27-39(44)29-23-25-33(26-24-29)46-37-21-11-8-18-34(37)35-19-9-12-22-38(35)46/h1-27H,28H2. The maximum Gasteiger partial charge on any atom is 0.181 e. The smallest absolute Gasteiger partial charge is 0.181 e. The van der Waals surface area contributed by atoms with Crippen molar-refractivity contribution in [1.82, 2.24) is 23.9 Å². The number of aromatic nitrogens is 5. The molecule has 5 heteroatoms. The first-order chi connectivity index (χ1) is 22.8. The van der Waals surface area contributed by atoms with E-state index in [0.29, 0.717) is 12.5 Å². The molecule has 3 heterocycles. The van der Waals surface area contributed by atoms with Crippen LogP contribution in [0.5, 0.6) is 0 Å². The van der Waals surface area contributed by atoms with E-state index in [1.54, 1.807) is 0 Å². The summed E-state index contributed by atoms with van der Waals surface area (Å²) in [4.78, 5) is 5.04. The minimum absolute atomic E-state index is 0.515. The molecule has 0 saturated heterocycles. The van der Waals surface area contributed by atoms with Gasteiger partial charge in [0, 0.05) is 33.0 Å². The number of rotatable bonds is 6. The Balaban J connectivity index is 1.17. The van der Waals surface area contributed by atoms with Gasteiger partial charge in [0.2, 0.25) is 0 Å². The van der Waals surface area contributed by atoms with Crippen LogP contribution in [-0.4, -0.2) is 23.9 Å². The van der Waals surface area contributed by atoms with Gasteiger partial charge in [-0.2, -0.15) is 0 Å². The van der Waals surface area contributed by atoms with E-state index in [9.17, 15) is 0 Å². The highest BCUT2D eigenvalue weighted by molar-refractivity contribution is 6.09. The van der Waals surface area contributed by atoms with Gasteiger partial charge in [0.1, 0.15) is 6.67 Å². The fraction of sp³-hybridized carbons (Fsp3) is 0.0244. The number of para-hydroxylation sites is 3. The number of hydrogen-bond donors (Lipinski definition) is 0. The average molecular weight is 592 g/mol. The van der Waals surface area contributed by atoms with E-state index in [-0.39, 0.29) is 0 Å². The molecule has 9 rings (SSSR count). The van der Waals surface area contributed by atoms with Crippen LogP contribution in [0.4, 0.5) is 0 Å². The summed E-state index contributed by atoms with van der Waals surface area (Å²) in [5.74, 6) is 1.55. The van der Waals surface area contributed by atoms with Crippen LogP contribution in [0, 0.1) is 0 Å². The van der Waals surface area contributed by atoms with Gasteiger partial charge < -0.3 is 9.13 Å². The molecule has 0 bridgehead atoms. The van der Waals surface area contributed by atoms with Gasteiger partial charge >= 0.3 is 0 Å². The lowest BCUT2D eigenvalue weighted by molar-refractivity contribution is 0.571. The van der Waals surface area contributed by atoms with Crippen molar-refractivity contribution >= 4 is 32.7 Å². The molecule has 0 aliphatic carbocycles. The van der Waals surface area contributed by atoms with Crippen molar-refractivity contribution in [2.45, 2.75) is 6.67 Å². The monoisotopic (exact) mass is 591 g/mol. The van der Waals surface area contributed by atoms with Crippen LogP contribution in [0.3, 0.4) is 0 Å². The molecular weight excluding hydrogens is 562 g/mol. The van der Waals surface area contributed by atoms with Gasteiger partial charge in [0.05, 0.1) is 22.2 Å². The molecule has 0 radical (unpaired) electrons. The van der Waals surface area contributed by atoms with Gasteiger partial charge in [-0.05, 0) is 42.0 Å². The molecule has 218 valence electrons. The van der Waals surface area contributed by atoms with Gasteiger partial charge in [-0.3, -0.25) is 0 Å². The molecule has 0 aliphatic rings. The third-order valence-electron chi connectivity index (χ3n) is 8.82. The molecule has 46 heavy (non-hydrogen) atoms. The molecular formula is C41H29N5. The summed E-state index contributed by atoms with van der Waals surface area (Å²) in [5, 5.41) is 8.78. The van der Waals surface area contributed by atoms with Gasteiger partial charge in [-0.1, -0.05) is 127 Å². The van der Waals surface area contributed by atoms with E-state index in [4.69, 9.17) is 10.1 Å². The Morgan fingerprint density at radius 2 is 1.04 bits per heavy atom. The maximum absolute atomic E-state index is 5.06. The highest BCUT2D eigenvalue weighted by Gasteiger charge is 2.18. The maximum atomic E-state index is 5.06. The van der Waals surface area contributed by atoms with Gasteiger partial charge in [-0.25, -0.2) is 9.67 Å². The van der Waals surface area contributed by atoms with Crippen molar-refractivity contribution in [2.24, 2.45) is 0 Å². The highest BCUT2D eigenvalue weighted by Crippen LogP contribution is 2.34. The topological polar surface area (TPSA) is 40.6 Å². The molecule has 0 atom stereocenters. The number of nitrogens with zero attached hydrogens (tertiary/aromatic N) is 5. The fourth-order valence-electron chi connectivity index (χ4n) is 6.67. The van der Waals surface area contributed by atoms with Crippen LogP contribution in [0.1, 0.15) is 0 Å². The second-order valence-electron chi connectivity index (χ2n) is 11.6. The van der Waals surface area contributed by atoms with Crippen molar-refractivity contribution in [2.75, 3.05) is 0 Å². The Morgan fingerprint density at radius 1 is 0.478 bits per heavy atom. The molecule has 5 nitrogen and oxygen atoms in total. The van der Waals surface area contributed by atoms with Gasteiger partial charge in [-0.15, -0.1) is 5.10 Å². The summed E-state index contributed by atoms with van der Waals surface area (Å²) in [6.07, 6.45) is 0. The predicted octanol–water partition coefficient (Wildman–Crippen LogP) is 9.84. The molecule has 0 unspecified atom stereocenters. The van der Waals surface area contributed by atoms with Crippen molar-refractivity contribution in [3.63, 3.8) is 0 Å². The third kappa shape index (κ3) is 4.32. The predicted molar refractivity (Wildman–Crippen MR) is 188 cm³/mol. The van der Waals surface area contributed by atoms with Crippen molar-refractivity contribution < 1.29 is 0 Å². The summed E-state index contributed by atoms with van der Waals surface area (Å²) < 4.78 is 6.73. The molecule has 0 spiro atoms. The van der Waals surface area contributed by atoms with E-state index in [2.05, 4.69) is 137 Å². The third-order valence-corrected chi connectivity index (χ3v) is 8.82. The number of fused-ring (bicyclic) bond motifs is 4. The van der Waals surface area contributed by atoms with Crippen LogP contribution >= 0.6 is 0 Å². The minimum Gasteiger partial charge on any atom is -0.320 e. The largest absolute Gasteiger partial charge is 0.320 e. The molecule has 0 N–H and O–H groups in total. The Labute approximate surface area is 266 Å². The Hall–Kier alpha value is -6.20. The minimum atomic E-state index is 0.515. The van der Waals surface area contributed by atoms with Crippen molar-refractivity contribution in [3.05, 3.63) is 164 Å². The normalized spacial score (nSPS) is 11.6. The van der Waals surface area contributed by atoms with E-state index < -0.39 is 0 Å². The zero-order valence-electron chi connectivity index (χ0n) is 25.0. The molecule has 3 aromatic heterocycles. The summed E-state index contributed by atoms with van der Waals surface area (Å²) in [7, 11) is 0. The molecule has 0 saturated carbocycles. The summed E-state index contributed by atoms with van der Waals surface area (Å²) in [5.41, 5.74) is 9.01.